The van der Waals surface area contributed by atoms with Gasteiger partial charge < -0.3 is 10.1 Å². The molecular formula is C21H20F3N3O2. The van der Waals surface area contributed by atoms with E-state index in [0.29, 0.717) is 42.3 Å². The van der Waals surface area contributed by atoms with Crippen molar-refractivity contribution in [3.63, 3.8) is 0 Å². The summed E-state index contributed by atoms with van der Waals surface area (Å²) in [6.45, 7) is 4.01. The Bertz CT molecular complexity index is 1020. The highest BCUT2D eigenvalue weighted by Crippen LogP contribution is 2.21. The molecule has 152 valence electrons. The van der Waals surface area contributed by atoms with Crippen LogP contribution < -0.4 is 10.1 Å². The van der Waals surface area contributed by atoms with Gasteiger partial charge >= 0.3 is 0 Å². The molecule has 1 heterocycles. The molecule has 8 heteroatoms. The average molecular weight is 403 g/mol. The topological polar surface area (TPSA) is 56.2 Å². The van der Waals surface area contributed by atoms with Crippen LogP contribution in [0.3, 0.4) is 0 Å². The number of carbonyl (C=O) groups is 1. The first kappa shape index (κ1) is 20.4. The van der Waals surface area contributed by atoms with Crippen molar-refractivity contribution < 1.29 is 22.7 Å². The lowest BCUT2D eigenvalue weighted by molar-refractivity contribution is 0.0950. The second kappa shape index (κ2) is 8.81. The summed E-state index contributed by atoms with van der Waals surface area (Å²) in [7, 11) is 0. The van der Waals surface area contributed by atoms with E-state index >= 15 is 0 Å². The van der Waals surface area contributed by atoms with E-state index < -0.39 is 11.6 Å². The molecule has 0 aliphatic rings. The number of rotatable bonds is 7. The molecule has 5 nitrogen and oxygen atoms in total. The van der Waals surface area contributed by atoms with Gasteiger partial charge in [-0.15, -0.1) is 0 Å². The first-order valence-electron chi connectivity index (χ1n) is 9.05. The van der Waals surface area contributed by atoms with Crippen molar-refractivity contribution in [2.75, 3.05) is 13.2 Å². The van der Waals surface area contributed by atoms with Crippen LogP contribution in [0.25, 0.3) is 5.69 Å². The van der Waals surface area contributed by atoms with E-state index in [1.54, 1.807) is 13.8 Å². The average Bonchev–Trinajstić information content (AvgIpc) is 2.97. The van der Waals surface area contributed by atoms with Crippen molar-refractivity contribution in [2.45, 2.75) is 20.3 Å². The van der Waals surface area contributed by atoms with Crippen LogP contribution in [-0.2, 0) is 0 Å². The van der Waals surface area contributed by atoms with Gasteiger partial charge in [-0.3, -0.25) is 4.79 Å². The Labute approximate surface area is 166 Å². The molecule has 3 rings (SSSR count). The minimum Gasteiger partial charge on any atom is -0.494 e. The summed E-state index contributed by atoms with van der Waals surface area (Å²) in [6, 6.07) is 8.86. The van der Waals surface area contributed by atoms with Gasteiger partial charge in [0, 0.05) is 12.6 Å². The normalized spacial score (nSPS) is 10.8. The number of hydrogen-bond donors (Lipinski definition) is 1. The summed E-state index contributed by atoms with van der Waals surface area (Å²) in [4.78, 5) is 12.5. The fraction of sp³-hybridized carbons (Fsp3) is 0.238. The highest BCUT2D eigenvalue weighted by molar-refractivity contribution is 5.96. The maximum absolute atomic E-state index is 14.1. The maximum atomic E-state index is 14.1. The number of hydrogen-bond acceptors (Lipinski definition) is 3. The Hall–Kier alpha value is -3.29. The molecule has 0 radical (unpaired) electrons. The molecule has 0 aliphatic carbocycles. The summed E-state index contributed by atoms with van der Waals surface area (Å²) >= 11 is 0. The molecular weight excluding hydrogens is 383 g/mol. The molecule has 1 aromatic heterocycles. The predicted octanol–water partition coefficient (Wildman–Crippen LogP) is 4.11. The van der Waals surface area contributed by atoms with Gasteiger partial charge in [-0.05, 0) is 56.7 Å². The summed E-state index contributed by atoms with van der Waals surface area (Å²) in [6.07, 6.45) is 0.544. The summed E-state index contributed by atoms with van der Waals surface area (Å²) in [5.41, 5.74) is 1.30. The van der Waals surface area contributed by atoms with Crippen molar-refractivity contribution in [1.29, 1.82) is 0 Å². The summed E-state index contributed by atoms with van der Waals surface area (Å²) in [5, 5.41) is 7.00. The fourth-order valence-corrected chi connectivity index (χ4v) is 2.94. The first-order chi connectivity index (χ1) is 13.9. The van der Waals surface area contributed by atoms with Gasteiger partial charge in [-0.25, -0.2) is 17.9 Å². The number of carbonyl (C=O) groups excluding carboxylic acids is 1. The lowest BCUT2D eigenvalue weighted by atomic mass is 10.2. The van der Waals surface area contributed by atoms with Crippen molar-refractivity contribution in [3.8, 4) is 11.4 Å². The van der Waals surface area contributed by atoms with Crippen molar-refractivity contribution in [1.82, 2.24) is 15.1 Å². The van der Waals surface area contributed by atoms with E-state index in [2.05, 4.69) is 10.4 Å². The minimum absolute atomic E-state index is 0.0683. The van der Waals surface area contributed by atoms with Gasteiger partial charge in [0.15, 0.2) is 5.82 Å². The molecule has 0 bridgehead atoms. The number of halogens is 3. The lowest BCUT2D eigenvalue weighted by Gasteiger charge is -2.09. The van der Waals surface area contributed by atoms with Gasteiger partial charge in [0.2, 0.25) is 0 Å². The van der Waals surface area contributed by atoms with Crippen LogP contribution in [-0.4, -0.2) is 28.8 Å². The molecule has 2 aromatic carbocycles. The third kappa shape index (κ3) is 4.77. The predicted molar refractivity (Wildman–Crippen MR) is 102 cm³/mol. The Morgan fingerprint density at radius 1 is 1.07 bits per heavy atom. The SMILES string of the molecule is Cc1nn(-c2ccc(F)cc2F)c(C)c1C(=O)NCCCOc1ccc(F)cc1. The van der Waals surface area contributed by atoms with Gasteiger partial charge in [-0.1, -0.05) is 0 Å². The van der Waals surface area contributed by atoms with E-state index in [-0.39, 0.29) is 17.4 Å². The number of nitrogens with zero attached hydrogens (tertiary/aromatic N) is 2. The Kier molecular flexibility index (Phi) is 6.21. The van der Waals surface area contributed by atoms with Gasteiger partial charge in [0.1, 0.15) is 23.1 Å². The molecule has 1 N–H and O–H groups in total. The second-order valence-corrected chi connectivity index (χ2v) is 6.47. The molecule has 29 heavy (non-hydrogen) atoms. The third-order valence-corrected chi connectivity index (χ3v) is 4.35. The van der Waals surface area contributed by atoms with Crippen LogP contribution in [0.1, 0.15) is 28.2 Å². The number of aromatic nitrogens is 2. The minimum atomic E-state index is -0.763. The largest absolute Gasteiger partial charge is 0.494 e. The van der Waals surface area contributed by atoms with E-state index in [1.165, 1.54) is 35.0 Å². The van der Waals surface area contributed by atoms with Crippen molar-refractivity contribution >= 4 is 5.91 Å². The van der Waals surface area contributed by atoms with Gasteiger partial charge in [0.25, 0.3) is 5.91 Å². The highest BCUT2D eigenvalue weighted by atomic mass is 19.1. The van der Waals surface area contributed by atoms with Crippen LogP contribution in [0.15, 0.2) is 42.5 Å². The summed E-state index contributed by atoms with van der Waals surface area (Å²) in [5.74, 6) is -1.58. The van der Waals surface area contributed by atoms with Gasteiger partial charge in [-0.2, -0.15) is 5.10 Å². The van der Waals surface area contributed by atoms with E-state index in [1.807, 2.05) is 0 Å². The van der Waals surface area contributed by atoms with Crippen molar-refractivity contribution in [2.24, 2.45) is 0 Å². The zero-order valence-corrected chi connectivity index (χ0v) is 16.0. The Morgan fingerprint density at radius 3 is 2.45 bits per heavy atom. The van der Waals surface area contributed by atoms with Crippen LogP contribution in [0.4, 0.5) is 13.2 Å². The number of ether oxygens (including phenoxy) is 1. The Balaban J connectivity index is 1.59. The lowest BCUT2D eigenvalue weighted by Crippen LogP contribution is -2.26. The first-order valence-corrected chi connectivity index (χ1v) is 9.05. The van der Waals surface area contributed by atoms with Crippen LogP contribution >= 0.6 is 0 Å². The molecule has 0 unspecified atom stereocenters. The quantitative estimate of drug-likeness (QED) is 0.604. The standard InChI is InChI=1S/C21H20F3N3O2/c1-13-20(14(2)27(26-13)19-9-6-16(23)12-18(19)24)21(28)25-10-3-11-29-17-7-4-15(22)5-8-17/h4-9,12H,3,10-11H2,1-2H3,(H,25,28). The number of aryl methyl sites for hydroxylation is 1. The zero-order chi connectivity index (χ0) is 21.0. The number of benzene rings is 2. The third-order valence-electron chi connectivity index (χ3n) is 4.35. The van der Waals surface area contributed by atoms with Crippen LogP contribution in [0.5, 0.6) is 5.75 Å². The van der Waals surface area contributed by atoms with Crippen LogP contribution in [0.2, 0.25) is 0 Å². The molecule has 0 aliphatic heterocycles. The molecule has 1 amide bonds. The maximum Gasteiger partial charge on any atom is 0.255 e. The molecule has 0 spiro atoms. The number of amides is 1. The van der Waals surface area contributed by atoms with Crippen LogP contribution in [0, 0.1) is 31.3 Å². The second-order valence-electron chi connectivity index (χ2n) is 6.47. The molecule has 0 atom stereocenters. The fourth-order valence-electron chi connectivity index (χ4n) is 2.94. The monoisotopic (exact) mass is 403 g/mol. The molecule has 0 saturated carbocycles. The smallest absolute Gasteiger partial charge is 0.255 e. The van der Waals surface area contributed by atoms with E-state index in [4.69, 9.17) is 4.74 Å². The number of nitrogens with one attached hydrogen (secondary N) is 1. The Morgan fingerprint density at radius 2 is 1.76 bits per heavy atom. The molecule has 0 saturated heterocycles. The van der Waals surface area contributed by atoms with Crippen molar-refractivity contribution in [3.05, 3.63) is 76.9 Å². The zero-order valence-electron chi connectivity index (χ0n) is 16.0. The highest BCUT2D eigenvalue weighted by Gasteiger charge is 2.20. The summed E-state index contributed by atoms with van der Waals surface area (Å²) < 4.78 is 46.8. The van der Waals surface area contributed by atoms with E-state index in [9.17, 15) is 18.0 Å². The molecule has 0 fully saturated rings. The van der Waals surface area contributed by atoms with E-state index in [0.717, 1.165) is 12.1 Å². The molecule has 3 aromatic rings. The van der Waals surface area contributed by atoms with Gasteiger partial charge in [0.05, 0.1) is 23.6 Å².